The minimum atomic E-state index is 0.619. The van der Waals surface area contributed by atoms with Crippen molar-refractivity contribution >= 4 is 10.8 Å². The summed E-state index contributed by atoms with van der Waals surface area (Å²) in [5.74, 6) is 0. The van der Waals surface area contributed by atoms with Gasteiger partial charge in [-0.25, -0.2) is 0 Å². The summed E-state index contributed by atoms with van der Waals surface area (Å²) in [4.78, 5) is 0. The summed E-state index contributed by atoms with van der Waals surface area (Å²) in [5, 5.41) is 22.0. The van der Waals surface area contributed by atoms with E-state index in [1.165, 1.54) is 49.3 Å². The zero-order valence-corrected chi connectivity index (χ0v) is 16.3. The van der Waals surface area contributed by atoms with Crippen molar-refractivity contribution in [1.29, 1.82) is 10.5 Å². The van der Waals surface area contributed by atoms with Crippen LogP contribution in [0.15, 0.2) is 24.3 Å². The lowest BCUT2D eigenvalue weighted by molar-refractivity contribution is 0.665. The summed E-state index contributed by atoms with van der Waals surface area (Å²) in [7, 11) is 0. The number of nitrogens with zero attached hydrogens (tertiary/aromatic N) is 2. The molecule has 2 aromatic carbocycles. The molecular weight excluding hydrogens is 316 g/mol. The number of nitriles is 2. The fourth-order valence-electron chi connectivity index (χ4n) is 3.80. The quantitative estimate of drug-likeness (QED) is 0.443. The van der Waals surface area contributed by atoms with Crippen LogP contribution in [0.1, 0.15) is 87.5 Å². The third kappa shape index (κ3) is 4.64. The molecule has 2 heteroatoms. The molecule has 136 valence electrons. The Kier molecular flexibility index (Phi) is 8.17. The van der Waals surface area contributed by atoms with E-state index in [-0.39, 0.29) is 0 Å². The molecule has 0 atom stereocenters. The molecule has 2 rings (SSSR count). The summed E-state index contributed by atoms with van der Waals surface area (Å²) < 4.78 is 0. The smallest absolute Gasteiger partial charge is 0.101 e. The van der Waals surface area contributed by atoms with Gasteiger partial charge in [0.25, 0.3) is 0 Å². The fraction of sp³-hybridized carbons (Fsp3) is 0.500. The van der Waals surface area contributed by atoms with Crippen LogP contribution < -0.4 is 0 Å². The number of rotatable bonds is 10. The maximum atomic E-state index is 9.83. The number of hydrogen-bond donors (Lipinski definition) is 0. The van der Waals surface area contributed by atoms with Crippen molar-refractivity contribution < 1.29 is 0 Å². The van der Waals surface area contributed by atoms with Crippen LogP contribution in [0.2, 0.25) is 0 Å². The second-order valence-electron chi connectivity index (χ2n) is 7.10. The van der Waals surface area contributed by atoms with Gasteiger partial charge in [0.15, 0.2) is 0 Å². The van der Waals surface area contributed by atoms with E-state index in [2.05, 4.69) is 38.1 Å². The van der Waals surface area contributed by atoms with Crippen LogP contribution >= 0.6 is 0 Å². The molecule has 0 heterocycles. The predicted octanol–water partition coefficient (Wildman–Crippen LogP) is 6.83. The lowest BCUT2D eigenvalue weighted by Crippen LogP contribution is -2.03. The SMILES string of the molecule is CCCCCCc1c(C#N)c(C#N)c(CCCCCC)c2ccccc12. The maximum Gasteiger partial charge on any atom is 0.101 e. The number of benzene rings is 2. The lowest BCUT2D eigenvalue weighted by Gasteiger charge is -2.16. The van der Waals surface area contributed by atoms with Crippen LogP contribution in [0, 0.1) is 22.7 Å². The second kappa shape index (κ2) is 10.6. The van der Waals surface area contributed by atoms with Gasteiger partial charge in [0.2, 0.25) is 0 Å². The monoisotopic (exact) mass is 346 g/mol. The van der Waals surface area contributed by atoms with Crippen LogP contribution in [0.5, 0.6) is 0 Å². The van der Waals surface area contributed by atoms with Gasteiger partial charge in [0, 0.05) is 0 Å². The van der Waals surface area contributed by atoms with Crippen LogP contribution in [-0.4, -0.2) is 0 Å². The van der Waals surface area contributed by atoms with Gasteiger partial charge in [0.05, 0.1) is 11.1 Å². The minimum absolute atomic E-state index is 0.619. The van der Waals surface area contributed by atoms with E-state index in [1.54, 1.807) is 0 Å². The summed E-state index contributed by atoms with van der Waals surface area (Å²) >= 11 is 0. The van der Waals surface area contributed by atoms with Crippen molar-refractivity contribution in [2.24, 2.45) is 0 Å². The molecule has 0 bridgehead atoms. The first kappa shape index (κ1) is 20.0. The predicted molar refractivity (Wildman–Crippen MR) is 109 cm³/mol. The second-order valence-corrected chi connectivity index (χ2v) is 7.10. The average molecular weight is 347 g/mol. The van der Waals surface area contributed by atoms with E-state index in [0.717, 1.165) is 36.8 Å². The molecule has 2 aromatic rings. The van der Waals surface area contributed by atoms with Crippen LogP contribution in [0.4, 0.5) is 0 Å². The number of fused-ring (bicyclic) bond motifs is 1. The van der Waals surface area contributed by atoms with Crippen molar-refractivity contribution in [3.8, 4) is 12.1 Å². The molecule has 0 aliphatic carbocycles. The summed E-state index contributed by atoms with van der Waals surface area (Å²) in [6.45, 7) is 4.41. The molecule has 0 spiro atoms. The molecule has 0 radical (unpaired) electrons. The van der Waals surface area contributed by atoms with Gasteiger partial charge < -0.3 is 0 Å². The Morgan fingerprint density at radius 3 is 1.42 bits per heavy atom. The van der Waals surface area contributed by atoms with Crippen molar-refractivity contribution in [2.75, 3.05) is 0 Å². The Hall–Kier alpha value is -2.32. The van der Waals surface area contributed by atoms with Crippen molar-refractivity contribution in [3.05, 3.63) is 46.5 Å². The van der Waals surface area contributed by atoms with Gasteiger partial charge in [-0.2, -0.15) is 10.5 Å². The zero-order valence-electron chi connectivity index (χ0n) is 16.3. The van der Waals surface area contributed by atoms with E-state index >= 15 is 0 Å². The molecule has 0 unspecified atom stereocenters. The fourth-order valence-corrected chi connectivity index (χ4v) is 3.80. The first-order valence-electron chi connectivity index (χ1n) is 10.1. The molecule has 26 heavy (non-hydrogen) atoms. The Morgan fingerprint density at radius 2 is 1.08 bits per heavy atom. The standard InChI is InChI=1S/C24H30N2/c1-3-5-7-9-13-21-19-15-11-12-16-20(19)22(14-10-8-6-4-2)24(18-26)23(21)17-25/h11-12,15-16H,3-10,13-14H2,1-2H3. The third-order valence-corrected chi connectivity index (χ3v) is 5.22. The van der Waals surface area contributed by atoms with Gasteiger partial charge in [-0.15, -0.1) is 0 Å². The molecule has 0 N–H and O–H groups in total. The van der Waals surface area contributed by atoms with Gasteiger partial charge in [-0.05, 0) is 47.6 Å². The molecular formula is C24H30N2. The third-order valence-electron chi connectivity index (χ3n) is 5.22. The number of unbranched alkanes of at least 4 members (excludes halogenated alkanes) is 6. The molecule has 0 fully saturated rings. The van der Waals surface area contributed by atoms with Crippen molar-refractivity contribution in [2.45, 2.75) is 78.1 Å². The Labute approximate surface area is 158 Å². The van der Waals surface area contributed by atoms with Gasteiger partial charge >= 0.3 is 0 Å². The molecule has 0 aliphatic heterocycles. The first-order chi connectivity index (χ1) is 12.8. The van der Waals surface area contributed by atoms with Crippen molar-refractivity contribution in [1.82, 2.24) is 0 Å². The maximum absolute atomic E-state index is 9.83. The van der Waals surface area contributed by atoms with Crippen molar-refractivity contribution in [3.63, 3.8) is 0 Å². The first-order valence-corrected chi connectivity index (χ1v) is 10.1. The Morgan fingerprint density at radius 1 is 0.654 bits per heavy atom. The topological polar surface area (TPSA) is 47.6 Å². The van der Waals surface area contributed by atoms with Gasteiger partial charge in [-0.3, -0.25) is 0 Å². The molecule has 2 nitrogen and oxygen atoms in total. The van der Waals surface area contributed by atoms with Gasteiger partial charge in [-0.1, -0.05) is 76.6 Å². The van der Waals surface area contributed by atoms with Crippen LogP contribution in [0.25, 0.3) is 10.8 Å². The average Bonchev–Trinajstić information content (AvgIpc) is 2.68. The highest BCUT2D eigenvalue weighted by Crippen LogP contribution is 2.32. The summed E-state index contributed by atoms with van der Waals surface area (Å²) in [6, 6.07) is 13.1. The minimum Gasteiger partial charge on any atom is -0.192 e. The van der Waals surface area contributed by atoms with E-state index in [4.69, 9.17) is 0 Å². The van der Waals surface area contributed by atoms with Crippen LogP contribution in [0.3, 0.4) is 0 Å². The molecule has 0 aliphatic rings. The largest absolute Gasteiger partial charge is 0.192 e. The Bertz CT molecular complexity index is 737. The number of hydrogen-bond acceptors (Lipinski definition) is 2. The highest BCUT2D eigenvalue weighted by atomic mass is 14.3. The van der Waals surface area contributed by atoms with E-state index in [9.17, 15) is 10.5 Å². The Balaban J connectivity index is 2.48. The molecule has 0 saturated carbocycles. The lowest BCUT2D eigenvalue weighted by atomic mass is 9.86. The highest BCUT2D eigenvalue weighted by Gasteiger charge is 2.18. The van der Waals surface area contributed by atoms with Crippen LogP contribution in [-0.2, 0) is 12.8 Å². The number of aryl methyl sites for hydroxylation is 2. The summed E-state index contributed by atoms with van der Waals surface area (Å²) in [6.07, 6.45) is 11.1. The van der Waals surface area contributed by atoms with E-state index in [0.29, 0.717) is 11.1 Å². The van der Waals surface area contributed by atoms with E-state index < -0.39 is 0 Å². The molecule has 0 aromatic heterocycles. The highest BCUT2D eigenvalue weighted by molar-refractivity contribution is 5.93. The zero-order chi connectivity index (χ0) is 18.8. The van der Waals surface area contributed by atoms with Gasteiger partial charge in [0.1, 0.15) is 12.1 Å². The summed E-state index contributed by atoms with van der Waals surface area (Å²) in [5.41, 5.74) is 3.39. The normalized spacial score (nSPS) is 10.6. The molecule has 0 amide bonds. The molecule has 0 saturated heterocycles. The van der Waals surface area contributed by atoms with E-state index in [1.807, 2.05) is 12.1 Å².